The van der Waals surface area contributed by atoms with Gasteiger partial charge < -0.3 is 10.2 Å². The summed E-state index contributed by atoms with van der Waals surface area (Å²) in [4.78, 5) is 27.2. The molecule has 1 N–H and O–H groups in total. The van der Waals surface area contributed by atoms with Crippen LogP contribution >= 0.6 is 11.8 Å². The summed E-state index contributed by atoms with van der Waals surface area (Å²) in [6, 6.07) is 10.4. The van der Waals surface area contributed by atoms with Gasteiger partial charge in [0, 0.05) is 23.5 Å². The molecule has 0 saturated carbocycles. The van der Waals surface area contributed by atoms with Crippen molar-refractivity contribution in [2.24, 2.45) is 0 Å². The van der Waals surface area contributed by atoms with Crippen LogP contribution in [0, 0.1) is 6.92 Å². The quantitative estimate of drug-likeness (QED) is 0.717. The molecule has 0 atom stereocenters. The molecular formula is C20H19F3N2O2S. The first-order valence-corrected chi connectivity index (χ1v) is 9.62. The van der Waals surface area contributed by atoms with Gasteiger partial charge in [-0.3, -0.25) is 9.59 Å². The Balaban J connectivity index is 1.79. The number of thioether (sulfide) groups is 1. The summed E-state index contributed by atoms with van der Waals surface area (Å²) >= 11 is -0.234. The number of halogens is 3. The highest BCUT2D eigenvalue weighted by Crippen LogP contribution is 2.36. The molecule has 0 bridgehead atoms. The molecule has 1 aliphatic heterocycles. The minimum absolute atomic E-state index is 0.00417. The lowest BCUT2D eigenvalue weighted by Gasteiger charge is -2.19. The third kappa shape index (κ3) is 4.86. The molecule has 2 amide bonds. The Morgan fingerprint density at radius 3 is 2.29 bits per heavy atom. The van der Waals surface area contributed by atoms with E-state index < -0.39 is 11.4 Å². The van der Waals surface area contributed by atoms with E-state index in [0.717, 1.165) is 18.4 Å². The summed E-state index contributed by atoms with van der Waals surface area (Å²) in [6.07, 6.45) is 1.92. The molecule has 3 rings (SSSR count). The van der Waals surface area contributed by atoms with Crippen molar-refractivity contribution in [2.45, 2.75) is 30.2 Å². The molecule has 148 valence electrons. The second-order valence-electron chi connectivity index (χ2n) is 6.52. The Bertz CT molecular complexity index is 876. The van der Waals surface area contributed by atoms with Crippen LogP contribution in [0.4, 0.5) is 18.9 Å². The van der Waals surface area contributed by atoms with Crippen LogP contribution in [0.5, 0.6) is 0 Å². The fourth-order valence-corrected chi connectivity index (χ4v) is 3.68. The second-order valence-corrected chi connectivity index (χ2v) is 7.66. The maximum atomic E-state index is 12.8. The van der Waals surface area contributed by atoms with Gasteiger partial charge in [-0.1, -0.05) is 12.1 Å². The van der Waals surface area contributed by atoms with Crippen molar-refractivity contribution in [1.82, 2.24) is 4.90 Å². The average Bonchev–Trinajstić information content (AvgIpc) is 3.15. The van der Waals surface area contributed by atoms with Crippen LogP contribution in [0.15, 0.2) is 47.4 Å². The van der Waals surface area contributed by atoms with Crippen molar-refractivity contribution in [3.63, 3.8) is 0 Å². The summed E-state index contributed by atoms with van der Waals surface area (Å²) in [5.41, 5.74) is -2.56. The SMILES string of the molecule is Cc1cccc(NC(=O)c2ccc(SC(F)(F)F)cc2)c1C(=O)N1CCCC1. The van der Waals surface area contributed by atoms with E-state index in [0.29, 0.717) is 24.3 Å². The molecule has 0 aliphatic carbocycles. The van der Waals surface area contributed by atoms with E-state index >= 15 is 0 Å². The van der Waals surface area contributed by atoms with Crippen molar-refractivity contribution in [2.75, 3.05) is 18.4 Å². The number of carbonyl (C=O) groups is 2. The number of anilines is 1. The van der Waals surface area contributed by atoms with Crippen LogP contribution in [0.25, 0.3) is 0 Å². The molecule has 0 radical (unpaired) electrons. The van der Waals surface area contributed by atoms with Crippen molar-refractivity contribution >= 4 is 29.3 Å². The largest absolute Gasteiger partial charge is 0.446 e. The Morgan fingerprint density at radius 1 is 1.04 bits per heavy atom. The predicted octanol–water partition coefficient (Wildman–Crippen LogP) is 5.10. The number of nitrogens with zero attached hydrogens (tertiary/aromatic N) is 1. The van der Waals surface area contributed by atoms with Gasteiger partial charge in [0.2, 0.25) is 0 Å². The zero-order valence-electron chi connectivity index (χ0n) is 15.2. The third-order valence-electron chi connectivity index (χ3n) is 4.48. The molecule has 2 aromatic carbocycles. The highest BCUT2D eigenvalue weighted by Gasteiger charge is 2.29. The van der Waals surface area contributed by atoms with E-state index in [1.165, 1.54) is 24.3 Å². The number of likely N-dealkylation sites (tertiary alicyclic amines) is 1. The maximum absolute atomic E-state index is 12.8. The van der Waals surface area contributed by atoms with Crippen LogP contribution in [-0.2, 0) is 0 Å². The minimum atomic E-state index is -4.38. The zero-order chi connectivity index (χ0) is 20.3. The highest BCUT2D eigenvalue weighted by atomic mass is 32.2. The summed E-state index contributed by atoms with van der Waals surface area (Å²) in [5.74, 6) is -0.604. The topological polar surface area (TPSA) is 49.4 Å². The number of aryl methyl sites for hydroxylation is 1. The second kappa shape index (κ2) is 8.26. The minimum Gasteiger partial charge on any atom is -0.339 e. The van der Waals surface area contributed by atoms with Gasteiger partial charge in [-0.25, -0.2) is 0 Å². The first kappa shape index (κ1) is 20.3. The van der Waals surface area contributed by atoms with E-state index in [9.17, 15) is 22.8 Å². The molecule has 1 saturated heterocycles. The number of rotatable bonds is 4. The number of nitrogens with one attached hydrogen (secondary N) is 1. The van der Waals surface area contributed by atoms with E-state index in [4.69, 9.17) is 0 Å². The fraction of sp³-hybridized carbons (Fsp3) is 0.300. The van der Waals surface area contributed by atoms with Gasteiger partial charge in [-0.05, 0) is 67.4 Å². The number of benzene rings is 2. The predicted molar refractivity (Wildman–Crippen MR) is 103 cm³/mol. The third-order valence-corrected chi connectivity index (χ3v) is 5.22. The Kier molecular flexibility index (Phi) is 5.98. The zero-order valence-corrected chi connectivity index (χ0v) is 16.0. The molecule has 1 heterocycles. The van der Waals surface area contributed by atoms with E-state index in [2.05, 4.69) is 5.32 Å². The van der Waals surface area contributed by atoms with Gasteiger partial charge in [0.1, 0.15) is 0 Å². The standard InChI is InChI=1S/C20H19F3N2O2S/c1-13-5-4-6-16(17(13)19(27)25-11-2-3-12-25)24-18(26)14-7-9-15(10-8-14)28-20(21,22)23/h4-10H,2-3,11-12H2,1H3,(H,24,26). The van der Waals surface area contributed by atoms with E-state index in [1.807, 2.05) is 13.0 Å². The Hall–Kier alpha value is -2.48. The summed E-state index contributed by atoms with van der Waals surface area (Å²) in [7, 11) is 0. The summed E-state index contributed by atoms with van der Waals surface area (Å²) < 4.78 is 37.3. The van der Waals surface area contributed by atoms with Gasteiger partial charge in [0.05, 0.1) is 11.3 Å². The highest BCUT2D eigenvalue weighted by molar-refractivity contribution is 8.00. The molecule has 2 aromatic rings. The van der Waals surface area contributed by atoms with Gasteiger partial charge in [-0.15, -0.1) is 0 Å². The molecule has 1 aliphatic rings. The molecule has 8 heteroatoms. The normalized spacial score (nSPS) is 14.2. The Labute approximate surface area is 165 Å². The van der Waals surface area contributed by atoms with Crippen molar-refractivity contribution in [3.8, 4) is 0 Å². The lowest BCUT2D eigenvalue weighted by atomic mass is 10.0. The van der Waals surface area contributed by atoms with Gasteiger partial charge >= 0.3 is 5.51 Å². The van der Waals surface area contributed by atoms with Crippen LogP contribution in [0.2, 0.25) is 0 Å². The lowest BCUT2D eigenvalue weighted by Crippen LogP contribution is -2.29. The van der Waals surface area contributed by atoms with Crippen molar-refractivity contribution in [1.29, 1.82) is 0 Å². The molecule has 1 fully saturated rings. The molecular weight excluding hydrogens is 389 g/mol. The number of hydrogen-bond acceptors (Lipinski definition) is 3. The number of amides is 2. The first-order chi connectivity index (χ1) is 13.2. The molecule has 0 unspecified atom stereocenters. The van der Waals surface area contributed by atoms with E-state index in [1.54, 1.807) is 17.0 Å². The van der Waals surface area contributed by atoms with Crippen LogP contribution in [-0.4, -0.2) is 35.3 Å². The Morgan fingerprint density at radius 2 is 1.68 bits per heavy atom. The molecule has 0 aromatic heterocycles. The van der Waals surface area contributed by atoms with Crippen LogP contribution in [0.3, 0.4) is 0 Å². The van der Waals surface area contributed by atoms with Gasteiger partial charge in [0.15, 0.2) is 0 Å². The first-order valence-electron chi connectivity index (χ1n) is 8.80. The molecule has 4 nitrogen and oxygen atoms in total. The fourth-order valence-electron chi connectivity index (χ4n) is 3.14. The average molecular weight is 408 g/mol. The summed E-state index contributed by atoms with van der Waals surface area (Å²) in [5, 5.41) is 2.72. The lowest BCUT2D eigenvalue weighted by molar-refractivity contribution is -0.0328. The van der Waals surface area contributed by atoms with Gasteiger partial charge in [0.25, 0.3) is 11.8 Å². The smallest absolute Gasteiger partial charge is 0.339 e. The van der Waals surface area contributed by atoms with Crippen LogP contribution < -0.4 is 5.32 Å². The molecule has 28 heavy (non-hydrogen) atoms. The van der Waals surface area contributed by atoms with E-state index in [-0.39, 0.29) is 28.1 Å². The monoisotopic (exact) mass is 408 g/mol. The molecule has 0 spiro atoms. The van der Waals surface area contributed by atoms with Crippen molar-refractivity contribution < 1.29 is 22.8 Å². The number of hydrogen-bond donors (Lipinski definition) is 1. The van der Waals surface area contributed by atoms with Crippen LogP contribution in [0.1, 0.15) is 39.1 Å². The maximum Gasteiger partial charge on any atom is 0.446 e. The summed E-state index contributed by atoms with van der Waals surface area (Å²) in [6.45, 7) is 3.19. The number of alkyl halides is 3. The number of carbonyl (C=O) groups excluding carboxylic acids is 2. The van der Waals surface area contributed by atoms with Crippen molar-refractivity contribution in [3.05, 3.63) is 59.2 Å². The van der Waals surface area contributed by atoms with Gasteiger partial charge in [-0.2, -0.15) is 13.2 Å².